The number of aromatic nitrogens is 2. The minimum atomic E-state index is -4.68. The summed E-state index contributed by atoms with van der Waals surface area (Å²) in [6.45, 7) is 1.82. The number of anilines is 1. The summed E-state index contributed by atoms with van der Waals surface area (Å²) in [6.07, 6.45) is -3.28. The highest BCUT2D eigenvalue weighted by molar-refractivity contribution is 5.35. The lowest BCUT2D eigenvalue weighted by Crippen LogP contribution is -2.17. The van der Waals surface area contributed by atoms with Gasteiger partial charge < -0.3 is 14.6 Å². The smallest absolute Gasteiger partial charge is 0.406 e. The van der Waals surface area contributed by atoms with Crippen LogP contribution in [0.5, 0.6) is 5.75 Å². The number of alkyl halides is 3. The molecule has 19 heavy (non-hydrogen) atoms. The second-order valence-corrected chi connectivity index (χ2v) is 3.76. The molecule has 8 heteroatoms. The second-order valence-electron chi connectivity index (χ2n) is 3.76. The van der Waals surface area contributed by atoms with Crippen molar-refractivity contribution in [2.45, 2.75) is 19.3 Å². The van der Waals surface area contributed by atoms with E-state index in [2.05, 4.69) is 20.4 Å². The molecule has 1 N–H and O–H groups in total. The van der Waals surface area contributed by atoms with Gasteiger partial charge in [0, 0.05) is 5.27 Å². The van der Waals surface area contributed by atoms with Crippen molar-refractivity contribution in [3.05, 3.63) is 36.0 Å². The van der Waals surface area contributed by atoms with Gasteiger partial charge in [0.15, 0.2) is 0 Å². The van der Waals surface area contributed by atoms with Crippen LogP contribution in [0, 0.1) is 0 Å². The molecule has 0 aliphatic carbocycles. The maximum absolute atomic E-state index is 12.0. The van der Waals surface area contributed by atoms with Crippen LogP contribution < -0.4 is 10.1 Å². The van der Waals surface area contributed by atoms with Crippen LogP contribution in [-0.2, 0) is 0 Å². The summed E-state index contributed by atoms with van der Waals surface area (Å²) in [7, 11) is 0. The molecule has 0 fully saturated rings. The van der Waals surface area contributed by atoms with Gasteiger partial charge in [-0.15, -0.1) is 18.3 Å². The van der Waals surface area contributed by atoms with Gasteiger partial charge in [-0.05, 0) is 24.6 Å². The Kier molecular flexibility index (Phi) is 3.59. The Morgan fingerprint density at radius 2 is 1.95 bits per heavy atom. The molecule has 0 saturated heterocycles. The summed E-state index contributed by atoms with van der Waals surface area (Å²) in [4.78, 5) is 0. The SMILES string of the molecule is CC(Nc1cnno1)c1ccc(OC(F)(F)F)cc1. The molecule has 2 rings (SSSR count). The number of hydrogen-bond acceptors (Lipinski definition) is 5. The normalized spacial score (nSPS) is 13.1. The maximum atomic E-state index is 12.0. The molecule has 0 saturated carbocycles. The summed E-state index contributed by atoms with van der Waals surface area (Å²) in [6, 6.07) is 5.39. The van der Waals surface area contributed by atoms with E-state index in [9.17, 15) is 13.2 Å². The Bertz CT molecular complexity index is 511. The van der Waals surface area contributed by atoms with Crippen molar-refractivity contribution in [1.29, 1.82) is 0 Å². The zero-order valence-electron chi connectivity index (χ0n) is 9.81. The Balaban J connectivity index is 2.01. The molecule has 5 nitrogen and oxygen atoms in total. The molecule has 2 aromatic rings. The summed E-state index contributed by atoms with van der Waals surface area (Å²) in [5.41, 5.74) is 0.769. The summed E-state index contributed by atoms with van der Waals surface area (Å²) < 4.78 is 44.5. The van der Waals surface area contributed by atoms with E-state index in [-0.39, 0.29) is 11.8 Å². The van der Waals surface area contributed by atoms with Crippen molar-refractivity contribution in [3.8, 4) is 5.75 Å². The van der Waals surface area contributed by atoms with Gasteiger partial charge in [-0.25, -0.2) is 0 Å². The van der Waals surface area contributed by atoms with E-state index in [1.54, 1.807) is 0 Å². The zero-order valence-corrected chi connectivity index (χ0v) is 9.81. The third kappa shape index (κ3) is 3.87. The topological polar surface area (TPSA) is 60.2 Å². The molecule has 0 aliphatic rings. The van der Waals surface area contributed by atoms with Crippen molar-refractivity contribution in [2.24, 2.45) is 0 Å². The number of nitrogens with zero attached hydrogens (tertiary/aromatic N) is 2. The Labute approximate surface area is 106 Å². The lowest BCUT2D eigenvalue weighted by Gasteiger charge is -2.14. The predicted octanol–water partition coefficient (Wildman–Crippen LogP) is 3.14. The molecule has 102 valence electrons. The minimum absolute atomic E-state index is 0.172. The van der Waals surface area contributed by atoms with Crippen LogP contribution in [0.4, 0.5) is 19.1 Å². The highest BCUT2D eigenvalue weighted by Gasteiger charge is 2.31. The van der Waals surface area contributed by atoms with E-state index < -0.39 is 6.36 Å². The third-order valence-corrected chi connectivity index (χ3v) is 2.33. The van der Waals surface area contributed by atoms with Crippen LogP contribution in [0.25, 0.3) is 0 Å². The van der Waals surface area contributed by atoms with Crippen molar-refractivity contribution < 1.29 is 22.4 Å². The largest absolute Gasteiger partial charge is 0.573 e. The lowest BCUT2D eigenvalue weighted by molar-refractivity contribution is -0.274. The van der Waals surface area contributed by atoms with E-state index in [4.69, 9.17) is 4.52 Å². The first-order chi connectivity index (χ1) is 8.94. The fourth-order valence-electron chi connectivity index (χ4n) is 1.49. The van der Waals surface area contributed by atoms with Gasteiger partial charge in [0.25, 0.3) is 0 Å². The van der Waals surface area contributed by atoms with E-state index >= 15 is 0 Å². The van der Waals surface area contributed by atoms with Crippen LogP contribution >= 0.6 is 0 Å². The van der Waals surface area contributed by atoms with Crippen LogP contribution in [0.2, 0.25) is 0 Å². The number of hydrogen-bond donors (Lipinski definition) is 1. The summed E-state index contributed by atoms with van der Waals surface area (Å²) in [5.74, 6) is 0.118. The van der Waals surface area contributed by atoms with Gasteiger partial charge in [-0.1, -0.05) is 12.1 Å². The average molecular weight is 273 g/mol. The fraction of sp³-hybridized carbons (Fsp3) is 0.273. The van der Waals surface area contributed by atoms with Crippen LogP contribution in [-0.4, -0.2) is 16.7 Å². The van der Waals surface area contributed by atoms with E-state index in [0.717, 1.165) is 5.56 Å². The van der Waals surface area contributed by atoms with Gasteiger partial charge in [0.2, 0.25) is 5.88 Å². The van der Waals surface area contributed by atoms with Gasteiger partial charge in [0.1, 0.15) is 11.9 Å². The minimum Gasteiger partial charge on any atom is -0.406 e. The summed E-state index contributed by atoms with van der Waals surface area (Å²) >= 11 is 0. The first kappa shape index (κ1) is 13.2. The van der Waals surface area contributed by atoms with Crippen LogP contribution in [0.15, 0.2) is 35.0 Å². The lowest BCUT2D eigenvalue weighted by atomic mass is 10.1. The Morgan fingerprint density at radius 1 is 1.26 bits per heavy atom. The average Bonchev–Trinajstić information content (AvgIpc) is 2.80. The molecular formula is C11H10F3N3O2. The van der Waals surface area contributed by atoms with Crippen molar-refractivity contribution in [2.75, 3.05) is 5.32 Å². The van der Waals surface area contributed by atoms with E-state index in [1.807, 2.05) is 6.92 Å². The number of nitrogens with one attached hydrogen (secondary N) is 1. The summed E-state index contributed by atoms with van der Waals surface area (Å²) in [5, 5.41) is 9.74. The molecule has 0 aliphatic heterocycles. The van der Waals surface area contributed by atoms with Crippen molar-refractivity contribution in [3.63, 3.8) is 0 Å². The molecule has 0 bridgehead atoms. The third-order valence-electron chi connectivity index (χ3n) is 2.33. The van der Waals surface area contributed by atoms with Gasteiger partial charge in [-0.3, -0.25) is 0 Å². The fourth-order valence-corrected chi connectivity index (χ4v) is 1.49. The molecule has 0 spiro atoms. The van der Waals surface area contributed by atoms with Gasteiger partial charge >= 0.3 is 6.36 Å². The van der Waals surface area contributed by atoms with Crippen molar-refractivity contribution in [1.82, 2.24) is 10.4 Å². The van der Waals surface area contributed by atoms with Crippen LogP contribution in [0.3, 0.4) is 0 Å². The van der Waals surface area contributed by atoms with Gasteiger partial charge in [-0.2, -0.15) is 0 Å². The maximum Gasteiger partial charge on any atom is 0.573 e. The first-order valence-corrected chi connectivity index (χ1v) is 5.33. The molecule has 1 aromatic carbocycles. The predicted molar refractivity (Wildman–Crippen MR) is 59.5 cm³/mol. The van der Waals surface area contributed by atoms with E-state index in [1.165, 1.54) is 30.5 Å². The molecule has 0 radical (unpaired) electrons. The van der Waals surface area contributed by atoms with E-state index in [0.29, 0.717) is 5.88 Å². The van der Waals surface area contributed by atoms with Gasteiger partial charge in [0.05, 0.1) is 6.04 Å². The molecule has 1 atom stereocenters. The Morgan fingerprint density at radius 3 is 2.47 bits per heavy atom. The molecule has 1 unspecified atom stereocenters. The zero-order chi connectivity index (χ0) is 13.9. The second kappa shape index (κ2) is 5.17. The number of rotatable bonds is 4. The highest BCUT2D eigenvalue weighted by Crippen LogP contribution is 2.25. The molecular weight excluding hydrogens is 263 g/mol. The highest BCUT2D eigenvalue weighted by atomic mass is 19.4. The molecule has 1 heterocycles. The standard InChI is InChI=1S/C11H10F3N3O2/c1-7(16-10-6-15-17-19-10)8-2-4-9(5-3-8)18-11(12,13)14/h2-7,16H,1H3. The van der Waals surface area contributed by atoms with Crippen molar-refractivity contribution >= 4 is 5.88 Å². The quantitative estimate of drug-likeness (QED) is 0.927. The number of benzene rings is 1. The molecule has 0 amide bonds. The first-order valence-electron chi connectivity index (χ1n) is 5.33. The number of ether oxygens (including phenoxy) is 1. The number of halogens is 3. The van der Waals surface area contributed by atoms with Crippen LogP contribution in [0.1, 0.15) is 18.5 Å². The molecule has 1 aromatic heterocycles. The Hall–Kier alpha value is -2.25. The monoisotopic (exact) mass is 273 g/mol.